The van der Waals surface area contributed by atoms with E-state index in [1.807, 2.05) is 0 Å². The van der Waals surface area contributed by atoms with Gasteiger partial charge in [0.25, 0.3) is 0 Å². The summed E-state index contributed by atoms with van der Waals surface area (Å²) in [5.41, 5.74) is 0. The van der Waals surface area contributed by atoms with Crippen LogP contribution in [0.1, 0.15) is 19.8 Å². The number of hydrogen-bond donors (Lipinski definition) is 2. The van der Waals surface area contributed by atoms with E-state index >= 15 is 0 Å². The third-order valence-electron chi connectivity index (χ3n) is 2.82. The Hall–Kier alpha value is -0.430. The van der Waals surface area contributed by atoms with Crippen molar-refractivity contribution in [2.24, 2.45) is 0 Å². The lowest BCUT2D eigenvalue weighted by molar-refractivity contribution is 0.259. The fraction of sp³-hybridized carbons (Fsp3) is 0.818. The van der Waals surface area contributed by atoms with E-state index in [1.165, 1.54) is 10.4 Å². The molecule has 0 bridgehead atoms. The number of aliphatic hydroxyl groups is 1. The molecule has 0 aromatic carbocycles. The summed E-state index contributed by atoms with van der Waals surface area (Å²) < 4.78 is 25.6. The summed E-state index contributed by atoms with van der Waals surface area (Å²) in [6.45, 7) is 5.90. The maximum Gasteiger partial charge on any atom is 0.218 e. The van der Waals surface area contributed by atoms with Gasteiger partial charge in [-0.05, 0) is 19.8 Å². The number of rotatable bonds is 9. The summed E-state index contributed by atoms with van der Waals surface area (Å²) >= 11 is 0. The molecule has 0 spiro atoms. The van der Waals surface area contributed by atoms with Crippen LogP contribution in [0.4, 0.5) is 0 Å². The normalized spacial score (nSPS) is 18.3. The Morgan fingerprint density at radius 3 is 2.71 bits per heavy atom. The van der Waals surface area contributed by atoms with E-state index < -0.39 is 15.3 Å². The van der Waals surface area contributed by atoms with Crippen molar-refractivity contribution in [2.75, 3.05) is 26.2 Å². The van der Waals surface area contributed by atoms with Gasteiger partial charge in [-0.15, -0.1) is 6.58 Å². The van der Waals surface area contributed by atoms with Crippen molar-refractivity contribution >= 4 is 10.0 Å². The smallest absolute Gasteiger partial charge is 0.218 e. The number of nitrogens with zero attached hydrogens (tertiary/aromatic N) is 1. The Bertz CT molecular complexity index is 339. The van der Waals surface area contributed by atoms with Gasteiger partial charge in [-0.25, -0.2) is 8.42 Å². The second-order valence-corrected chi connectivity index (χ2v) is 6.76. The van der Waals surface area contributed by atoms with Gasteiger partial charge in [-0.1, -0.05) is 6.08 Å². The zero-order chi connectivity index (χ0) is 12.9. The molecule has 1 aliphatic rings. The molecule has 0 aliphatic heterocycles. The van der Waals surface area contributed by atoms with Crippen molar-refractivity contribution in [1.29, 1.82) is 0 Å². The third-order valence-corrected chi connectivity index (χ3v) is 5.06. The molecule has 5 nitrogen and oxygen atoms in total. The molecule has 0 heterocycles. The Morgan fingerprint density at radius 2 is 2.24 bits per heavy atom. The molecular formula is C11H22N2O3S. The minimum Gasteiger partial charge on any atom is -0.395 e. The van der Waals surface area contributed by atoms with Gasteiger partial charge in [-0.2, -0.15) is 4.31 Å². The van der Waals surface area contributed by atoms with Crippen LogP contribution in [0.25, 0.3) is 0 Å². The van der Waals surface area contributed by atoms with Gasteiger partial charge in [0.2, 0.25) is 10.0 Å². The van der Waals surface area contributed by atoms with Crippen molar-refractivity contribution in [3.05, 3.63) is 12.7 Å². The lowest BCUT2D eigenvalue weighted by Gasteiger charge is -2.24. The van der Waals surface area contributed by atoms with Gasteiger partial charge in [-0.3, -0.25) is 0 Å². The first kappa shape index (κ1) is 14.6. The number of nitrogens with one attached hydrogen (secondary N) is 1. The Morgan fingerprint density at radius 1 is 1.59 bits per heavy atom. The topological polar surface area (TPSA) is 69.6 Å². The van der Waals surface area contributed by atoms with E-state index in [1.54, 1.807) is 6.92 Å². The lowest BCUT2D eigenvalue weighted by atomic mass is 10.4. The molecule has 0 radical (unpaired) electrons. The number of sulfonamides is 1. The minimum absolute atomic E-state index is 0.127. The van der Waals surface area contributed by atoms with Gasteiger partial charge in [0.15, 0.2) is 0 Å². The Kier molecular flexibility index (Phi) is 5.58. The average Bonchev–Trinajstić information content (AvgIpc) is 3.09. The van der Waals surface area contributed by atoms with E-state index in [-0.39, 0.29) is 19.7 Å². The average molecular weight is 262 g/mol. The van der Waals surface area contributed by atoms with Gasteiger partial charge < -0.3 is 10.4 Å². The van der Waals surface area contributed by atoms with Gasteiger partial charge >= 0.3 is 0 Å². The van der Waals surface area contributed by atoms with Gasteiger partial charge in [0.1, 0.15) is 0 Å². The SMILES string of the molecule is C=CCN(CCO)S(=O)(=O)C(C)CNC1CC1. The van der Waals surface area contributed by atoms with E-state index in [2.05, 4.69) is 11.9 Å². The standard InChI is InChI=1S/C11H22N2O3S/c1-3-6-13(7-8-14)17(15,16)10(2)9-12-11-4-5-11/h3,10-12,14H,1,4-9H2,2H3. The van der Waals surface area contributed by atoms with Crippen molar-refractivity contribution in [2.45, 2.75) is 31.1 Å². The largest absolute Gasteiger partial charge is 0.395 e. The fourth-order valence-corrected chi connectivity index (χ4v) is 3.02. The summed E-state index contributed by atoms with van der Waals surface area (Å²) in [5, 5.41) is 11.6. The number of aliphatic hydroxyl groups excluding tert-OH is 1. The molecule has 0 aromatic heterocycles. The molecule has 17 heavy (non-hydrogen) atoms. The highest BCUT2D eigenvalue weighted by molar-refractivity contribution is 7.89. The maximum absolute atomic E-state index is 12.2. The molecule has 100 valence electrons. The molecule has 0 aromatic rings. The first-order valence-corrected chi connectivity index (χ1v) is 7.46. The summed E-state index contributed by atoms with van der Waals surface area (Å²) in [6.07, 6.45) is 3.81. The highest BCUT2D eigenvalue weighted by atomic mass is 32.2. The van der Waals surface area contributed by atoms with Crippen LogP contribution >= 0.6 is 0 Å². The minimum atomic E-state index is -3.35. The van der Waals surface area contributed by atoms with E-state index in [4.69, 9.17) is 5.11 Å². The third kappa shape index (κ3) is 4.39. The molecule has 1 rings (SSSR count). The van der Waals surface area contributed by atoms with E-state index in [0.29, 0.717) is 12.6 Å². The van der Waals surface area contributed by atoms with Crippen molar-refractivity contribution < 1.29 is 13.5 Å². The molecule has 1 atom stereocenters. The first-order chi connectivity index (χ1) is 8.02. The van der Waals surface area contributed by atoms with E-state index in [9.17, 15) is 8.42 Å². The summed E-state index contributed by atoms with van der Waals surface area (Å²) in [6, 6.07) is 0.498. The van der Waals surface area contributed by atoms with E-state index in [0.717, 1.165) is 12.8 Å². The zero-order valence-corrected chi connectivity index (χ0v) is 11.1. The zero-order valence-electron chi connectivity index (χ0n) is 10.3. The van der Waals surface area contributed by atoms with Crippen molar-refractivity contribution in [3.63, 3.8) is 0 Å². The van der Waals surface area contributed by atoms with Crippen LogP contribution in [0.15, 0.2) is 12.7 Å². The second-order valence-electron chi connectivity index (χ2n) is 4.41. The molecule has 0 saturated heterocycles. The summed E-state index contributed by atoms with van der Waals surface area (Å²) in [5.74, 6) is 0. The van der Waals surface area contributed by atoms with Crippen LogP contribution in [0.2, 0.25) is 0 Å². The fourth-order valence-electron chi connectivity index (χ4n) is 1.56. The van der Waals surface area contributed by atoms with Crippen LogP contribution in [-0.2, 0) is 10.0 Å². The van der Waals surface area contributed by atoms with Crippen LogP contribution in [0.5, 0.6) is 0 Å². The van der Waals surface area contributed by atoms with Gasteiger partial charge in [0, 0.05) is 25.7 Å². The predicted octanol–water partition coefficient (Wildman–Crippen LogP) is -0.0630. The summed E-state index contributed by atoms with van der Waals surface area (Å²) in [4.78, 5) is 0. The van der Waals surface area contributed by atoms with Crippen molar-refractivity contribution in [3.8, 4) is 0 Å². The molecule has 1 saturated carbocycles. The summed E-state index contributed by atoms with van der Waals surface area (Å²) in [7, 11) is -3.35. The van der Waals surface area contributed by atoms with Crippen LogP contribution in [-0.4, -0.2) is 55.4 Å². The highest BCUT2D eigenvalue weighted by Gasteiger charge is 2.29. The lowest BCUT2D eigenvalue weighted by Crippen LogP contribution is -2.43. The Labute approximate surface area is 104 Å². The van der Waals surface area contributed by atoms with Crippen LogP contribution in [0, 0.1) is 0 Å². The highest BCUT2D eigenvalue weighted by Crippen LogP contribution is 2.19. The molecular weight excluding hydrogens is 240 g/mol. The molecule has 1 aliphatic carbocycles. The molecule has 6 heteroatoms. The first-order valence-electron chi connectivity index (χ1n) is 5.96. The predicted molar refractivity (Wildman–Crippen MR) is 68.3 cm³/mol. The molecule has 0 amide bonds. The molecule has 1 fully saturated rings. The quantitative estimate of drug-likeness (QED) is 0.571. The molecule has 2 N–H and O–H groups in total. The van der Waals surface area contributed by atoms with Gasteiger partial charge in [0.05, 0.1) is 11.9 Å². The number of hydrogen-bond acceptors (Lipinski definition) is 4. The maximum atomic E-state index is 12.2. The molecule has 1 unspecified atom stereocenters. The monoisotopic (exact) mass is 262 g/mol. The van der Waals surface area contributed by atoms with Crippen LogP contribution in [0.3, 0.4) is 0 Å². The van der Waals surface area contributed by atoms with Crippen LogP contribution < -0.4 is 5.32 Å². The van der Waals surface area contributed by atoms with Crippen molar-refractivity contribution in [1.82, 2.24) is 9.62 Å². The second kappa shape index (κ2) is 6.49. The Balaban J connectivity index is 2.56.